The Hall–Kier alpha value is -1.03. The first-order valence-electron chi connectivity index (χ1n) is 5.94. The number of nitrogens with one attached hydrogen (secondary N) is 1. The molecule has 16 heavy (non-hydrogen) atoms. The zero-order chi connectivity index (χ0) is 12.0. The van der Waals surface area contributed by atoms with Crippen molar-refractivity contribution in [2.45, 2.75) is 39.8 Å². The van der Waals surface area contributed by atoms with Gasteiger partial charge in [-0.1, -0.05) is 20.8 Å². The molecule has 0 saturated heterocycles. The molecule has 1 heterocycles. The summed E-state index contributed by atoms with van der Waals surface area (Å²) in [4.78, 5) is 0. The van der Waals surface area contributed by atoms with Crippen molar-refractivity contribution in [2.24, 2.45) is 5.92 Å². The maximum absolute atomic E-state index is 5.17. The predicted molar refractivity (Wildman–Crippen MR) is 66.6 cm³/mol. The SMILES string of the molecule is CCC(COC)Nc1ccnn1CC(C)C. The first kappa shape index (κ1) is 13.0. The van der Waals surface area contributed by atoms with Gasteiger partial charge in [-0.05, 0) is 12.3 Å². The lowest BCUT2D eigenvalue weighted by atomic mass is 10.2. The molecule has 0 fully saturated rings. The van der Waals surface area contributed by atoms with Crippen LogP contribution < -0.4 is 5.32 Å². The summed E-state index contributed by atoms with van der Waals surface area (Å²) in [5.41, 5.74) is 0. The molecule has 4 nitrogen and oxygen atoms in total. The van der Waals surface area contributed by atoms with E-state index in [1.165, 1.54) is 0 Å². The summed E-state index contributed by atoms with van der Waals surface area (Å²) >= 11 is 0. The average molecular weight is 225 g/mol. The van der Waals surface area contributed by atoms with Crippen molar-refractivity contribution in [2.75, 3.05) is 19.0 Å². The second-order valence-corrected chi connectivity index (χ2v) is 4.50. The number of aromatic nitrogens is 2. The van der Waals surface area contributed by atoms with Crippen LogP contribution in [0.3, 0.4) is 0 Å². The second-order valence-electron chi connectivity index (χ2n) is 4.50. The van der Waals surface area contributed by atoms with Crippen LogP contribution in [0.1, 0.15) is 27.2 Å². The van der Waals surface area contributed by atoms with Gasteiger partial charge in [-0.2, -0.15) is 5.10 Å². The molecule has 1 rings (SSSR count). The predicted octanol–water partition coefficient (Wildman–Crippen LogP) is 2.38. The zero-order valence-corrected chi connectivity index (χ0v) is 10.7. The van der Waals surface area contributed by atoms with Gasteiger partial charge in [0.1, 0.15) is 5.82 Å². The van der Waals surface area contributed by atoms with Gasteiger partial charge in [0.05, 0.1) is 18.8 Å². The summed E-state index contributed by atoms with van der Waals surface area (Å²) in [7, 11) is 1.73. The highest BCUT2D eigenvalue weighted by Gasteiger charge is 2.09. The Bertz CT molecular complexity index is 296. The Morgan fingerprint density at radius 3 is 2.81 bits per heavy atom. The molecular formula is C12H23N3O. The molecule has 1 aromatic heterocycles. The first-order chi connectivity index (χ1) is 7.67. The molecule has 0 aliphatic carbocycles. The molecule has 1 unspecified atom stereocenters. The Labute approximate surface area is 98.0 Å². The van der Waals surface area contributed by atoms with E-state index in [0.717, 1.165) is 25.4 Å². The van der Waals surface area contributed by atoms with Gasteiger partial charge in [0.25, 0.3) is 0 Å². The Kier molecular flexibility index (Phi) is 5.32. The van der Waals surface area contributed by atoms with Crippen LogP contribution in [0.5, 0.6) is 0 Å². The van der Waals surface area contributed by atoms with E-state index in [9.17, 15) is 0 Å². The third kappa shape index (κ3) is 3.85. The molecule has 0 bridgehead atoms. The molecule has 1 atom stereocenters. The molecular weight excluding hydrogens is 202 g/mol. The number of anilines is 1. The molecule has 0 spiro atoms. The molecule has 0 saturated carbocycles. The number of hydrogen-bond donors (Lipinski definition) is 1. The minimum Gasteiger partial charge on any atom is -0.383 e. The third-order valence-electron chi connectivity index (χ3n) is 2.47. The summed E-state index contributed by atoms with van der Waals surface area (Å²) in [5.74, 6) is 1.68. The summed E-state index contributed by atoms with van der Waals surface area (Å²) in [6, 6.07) is 2.37. The van der Waals surface area contributed by atoms with Crippen LogP contribution >= 0.6 is 0 Å². The van der Waals surface area contributed by atoms with Crippen LogP contribution in [0.2, 0.25) is 0 Å². The smallest absolute Gasteiger partial charge is 0.124 e. The quantitative estimate of drug-likeness (QED) is 0.774. The van der Waals surface area contributed by atoms with E-state index in [-0.39, 0.29) is 0 Å². The maximum atomic E-state index is 5.17. The molecule has 0 aliphatic heterocycles. The van der Waals surface area contributed by atoms with E-state index >= 15 is 0 Å². The highest BCUT2D eigenvalue weighted by Crippen LogP contribution is 2.11. The fourth-order valence-corrected chi connectivity index (χ4v) is 1.62. The molecule has 0 aliphatic rings. The first-order valence-corrected chi connectivity index (χ1v) is 5.94. The van der Waals surface area contributed by atoms with Gasteiger partial charge < -0.3 is 10.1 Å². The number of hydrogen-bond acceptors (Lipinski definition) is 3. The molecule has 1 N–H and O–H groups in total. The van der Waals surface area contributed by atoms with Crippen molar-refractivity contribution in [3.05, 3.63) is 12.3 Å². The highest BCUT2D eigenvalue weighted by molar-refractivity contribution is 5.35. The van der Waals surface area contributed by atoms with E-state index < -0.39 is 0 Å². The van der Waals surface area contributed by atoms with E-state index in [1.807, 2.05) is 16.9 Å². The largest absolute Gasteiger partial charge is 0.383 e. The summed E-state index contributed by atoms with van der Waals surface area (Å²) in [6.07, 6.45) is 2.88. The molecule has 0 amide bonds. The fraction of sp³-hybridized carbons (Fsp3) is 0.750. The summed E-state index contributed by atoms with van der Waals surface area (Å²) < 4.78 is 7.19. The highest BCUT2D eigenvalue weighted by atomic mass is 16.5. The zero-order valence-electron chi connectivity index (χ0n) is 10.7. The molecule has 0 radical (unpaired) electrons. The molecule has 0 aromatic carbocycles. The monoisotopic (exact) mass is 225 g/mol. The minimum absolute atomic E-state index is 0.354. The van der Waals surface area contributed by atoms with Crippen LogP contribution in [0.15, 0.2) is 12.3 Å². The average Bonchev–Trinajstić information content (AvgIpc) is 2.64. The number of rotatable bonds is 7. The van der Waals surface area contributed by atoms with Crippen molar-refractivity contribution >= 4 is 5.82 Å². The summed E-state index contributed by atoms with van der Waals surface area (Å²) in [6.45, 7) is 8.21. The van der Waals surface area contributed by atoms with Gasteiger partial charge in [-0.3, -0.25) is 0 Å². The minimum atomic E-state index is 0.354. The number of ether oxygens (including phenoxy) is 1. The standard InChI is InChI=1S/C12H23N3O/c1-5-11(9-16-4)14-12-6-7-13-15(12)8-10(2)3/h6-7,10-11,14H,5,8-9H2,1-4H3. The van der Waals surface area contributed by atoms with Crippen molar-refractivity contribution in [1.29, 1.82) is 0 Å². The van der Waals surface area contributed by atoms with Crippen LogP contribution in [0.4, 0.5) is 5.82 Å². The van der Waals surface area contributed by atoms with E-state index in [0.29, 0.717) is 12.0 Å². The Morgan fingerprint density at radius 2 is 2.25 bits per heavy atom. The van der Waals surface area contributed by atoms with Gasteiger partial charge in [-0.25, -0.2) is 4.68 Å². The van der Waals surface area contributed by atoms with Crippen LogP contribution in [0.25, 0.3) is 0 Å². The topological polar surface area (TPSA) is 39.1 Å². The normalized spacial score (nSPS) is 13.1. The van der Waals surface area contributed by atoms with Gasteiger partial charge in [0.2, 0.25) is 0 Å². The van der Waals surface area contributed by atoms with E-state index in [1.54, 1.807) is 7.11 Å². The van der Waals surface area contributed by atoms with Gasteiger partial charge in [0.15, 0.2) is 0 Å². The lowest BCUT2D eigenvalue weighted by molar-refractivity contribution is 0.184. The Morgan fingerprint density at radius 1 is 1.50 bits per heavy atom. The van der Waals surface area contributed by atoms with Crippen LogP contribution in [-0.4, -0.2) is 29.5 Å². The molecule has 92 valence electrons. The Balaban J connectivity index is 2.61. The van der Waals surface area contributed by atoms with Crippen molar-refractivity contribution < 1.29 is 4.74 Å². The van der Waals surface area contributed by atoms with Gasteiger partial charge in [-0.15, -0.1) is 0 Å². The van der Waals surface area contributed by atoms with E-state index in [4.69, 9.17) is 4.74 Å². The van der Waals surface area contributed by atoms with Crippen molar-refractivity contribution in [3.8, 4) is 0 Å². The van der Waals surface area contributed by atoms with Crippen LogP contribution in [0, 0.1) is 5.92 Å². The number of nitrogens with zero attached hydrogens (tertiary/aromatic N) is 2. The number of methoxy groups -OCH3 is 1. The fourth-order valence-electron chi connectivity index (χ4n) is 1.62. The second kappa shape index (κ2) is 6.53. The van der Waals surface area contributed by atoms with Crippen molar-refractivity contribution in [3.63, 3.8) is 0 Å². The lowest BCUT2D eigenvalue weighted by Crippen LogP contribution is -2.26. The third-order valence-corrected chi connectivity index (χ3v) is 2.47. The van der Waals surface area contributed by atoms with Crippen molar-refractivity contribution in [1.82, 2.24) is 9.78 Å². The van der Waals surface area contributed by atoms with Crippen LogP contribution in [-0.2, 0) is 11.3 Å². The summed E-state index contributed by atoms with van der Waals surface area (Å²) in [5, 5.41) is 7.78. The van der Waals surface area contributed by atoms with E-state index in [2.05, 4.69) is 31.2 Å². The van der Waals surface area contributed by atoms with Gasteiger partial charge in [0, 0.05) is 19.7 Å². The maximum Gasteiger partial charge on any atom is 0.124 e. The molecule has 4 heteroatoms. The lowest BCUT2D eigenvalue weighted by Gasteiger charge is -2.18. The molecule has 1 aromatic rings. The van der Waals surface area contributed by atoms with Gasteiger partial charge >= 0.3 is 0 Å².